The van der Waals surface area contributed by atoms with Gasteiger partial charge in [-0.05, 0) is 44.9 Å². The van der Waals surface area contributed by atoms with Crippen LogP contribution in [0.4, 0.5) is 10.1 Å². The second-order valence-electron chi connectivity index (χ2n) is 8.62. The minimum Gasteiger partial charge on any atom is -0.486 e. The van der Waals surface area contributed by atoms with Gasteiger partial charge in [0.2, 0.25) is 5.75 Å². The van der Waals surface area contributed by atoms with E-state index in [2.05, 4.69) is 15.3 Å². The molecule has 3 rings (SSSR count). The van der Waals surface area contributed by atoms with Crippen molar-refractivity contribution in [2.45, 2.75) is 51.6 Å². The van der Waals surface area contributed by atoms with Gasteiger partial charge in [-0.2, -0.15) is 9.78 Å². The molecule has 170 valence electrons. The van der Waals surface area contributed by atoms with E-state index in [0.29, 0.717) is 18.0 Å². The SMILES string of the molecule is CC(C)(O)CCCCCCOc1c(N2CCNCC2)cnn(-c2cccc(F)c2)c1=O. The number of nitrogens with zero attached hydrogens (tertiary/aromatic N) is 3. The van der Waals surface area contributed by atoms with Gasteiger partial charge in [-0.1, -0.05) is 25.3 Å². The molecule has 0 spiro atoms. The number of aliphatic hydroxyl groups is 1. The largest absolute Gasteiger partial charge is 0.486 e. The van der Waals surface area contributed by atoms with Crippen molar-refractivity contribution < 1.29 is 14.2 Å². The first kappa shape index (κ1) is 23.2. The molecule has 1 fully saturated rings. The number of halogens is 1. The Kier molecular flexibility index (Phi) is 8.03. The van der Waals surface area contributed by atoms with Crippen LogP contribution >= 0.6 is 0 Å². The molecular weight excluding hydrogens is 399 g/mol. The van der Waals surface area contributed by atoms with E-state index < -0.39 is 11.4 Å². The Morgan fingerprint density at radius 2 is 1.94 bits per heavy atom. The van der Waals surface area contributed by atoms with Gasteiger partial charge in [0.15, 0.2) is 0 Å². The van der Waals surface area contributed by atoms with Crippen LogP contribution in [0.1, 0.15) is 46.0 Å². The van der Waals surface area contributed by atoms with Gasteiger partial charge >= 0.3 is 5.56 Å². The fourth-order valence-corrected chi connectivity index (χ4v) is 3.68. The smallest absolute Gasteiger partial charge is 0.316 e. The van der Waals surface area contributed by atoms with Crippen molar-refractivity contribution in [3.63, 3.8) is 0 Å². The molecule has 0 amide bonds. The van der Waals surface area contributed by atoms with E-state index in [0.717, 1.165) is 58.3 Å². The summed E-state index contributed by atoms with van der Waals surface area (Å²) in [6.45, 7) is 7.24. The van der Waals surface area contributed by atoms with Crippen molar-refractivity contribution in [1.29, 1.82) is 0 Å². The van der Waals surface area contributed by atoms with Crippen LogP contribution in [-0.4, -0.2) is 53.3 Å². The minimum absolute atomic E-state index is 0.262. The van der Waals surface area contributed by atoms with E-state index in [1.165, 1.54) is 16.8 Å². The van der Waals surface area contributed by atoms with Gasteiger partial charge in [-0.3, -0.25) is 4.79 Å². The predicted molar refractivity (Wildman–Crippen MR) is 120 cm³/mol. The molecular formula is C23H33FN4O3. The first-order valence-corrected chi connectivity index (χ1v) is 11.0. The first-order chi connectivity index (χ1) is 14.8. The Labute approximate surface area is 182 Å². The van der Waals surface area contributed by atoms with Crippen LogP contribution in [0.5, 0.6) is 5.75 Å². The first-order valence-electron chi connectivity index (χ1n) is 11.0. The molecule has 8 heteroatoms. The Bertz CT molecular complexity index is 904. The molecule has 1 aliphatic heterocycles. The van der Waals surface area contributed by atoms with Crippen molar-refractivity contribution in [1.82, 2.24) is 15.1 Å². The summed E-state index contributed by atoms with van der Waals surface area (Å²) in [7, 11) is 0. The number of aromatic nitrogens is 2. The molecule has 1 aliphatic rings. The van der Waals surface area contributed by atoms with E-state index in [-0.39, 0.29) is 11.3 Å². The van der Waals surface area contributed by atoms with Gasteiger partial charge in [-0.15, -0.1) is 0 Å². The second kappa shape index (κ2) is 10.7. The number of anilines is 1. The number of hydrogen-bond acceptors (Lipinski definition) is 6. The van der Waals surface area contributed by atoms with E-state index >= 15 is 0 Å². The van der Waals surface area contributed by atoms with Crippen LogP contribution in [0.2, 0.25) is 0 Å². The molecule has 0 saturated carbocycles. The summed E-state index contributed by atoms with van der Waals surface area (Å²) in [5.41, 5.74) is 0.0338. The molecule has 0 bridgehead atoms. The number of hydrogen-bond donors (Lipinski definition) is 2. The maximum absolute atomic E-state index is 13.7. The highest BCUT2D eigenvalue weighted by Gasteiger charge is 2.21. The summed E-state index contributed by atoms with van der Waals surface area (Å²) in [6.07, 6.45) is 6.13. The lowest BCUT2D eigenvalue weighted by Crippen LogP contribution is -2.44. The van der Waals surface area contributed by atoms with Crippen molar-refractivity contribution >= 4 is 5.69 Å². The molecule has 0 unspecified atom stereocenters. The molecule has 2 heterocycles. The summed E-state index contributed by atoms with van der Waals surface area (Å²) >= 11 is 0. The number of ether oxygens (including phenoxy) is 1. The average Bonchev–Trinajstić information content (AvgIpc) is 2.73. The second-order valence-corrected chi connectivity index (χ2v) is 8.62. The number of unbranched alkanes of at least 4 members (excludes halogenated alkanes) is 3. The Morgan fingerprint density at radius 3 is 2.65 bits per heavy atom. The van der Waals surface area contributed by atoms with E-state index in [1.807, 2.05) is 13.8 Å². The zero-order valence-corrected chi connectivity index (χ0v) is 18.4. The van der Waals surface area contributed by atoms with Crippen molar-refractivity contribution in [2.75, 3.05) is 37.7 Å². The molecule has 2 N–H and O–H groups in total. The molecule has 2 aromatic rings. The standard InChI is InChI=1S/C23H33FN4O3/c1-23(2,30)10-5-3-4-6-15-31-21-20(27-13-11-25-12-14-27)17-26-28(22(21)29)19-9-7-8-18(24)16-19/h7-9,16-17,25,30H,3-6,10-15H2,1-2H3. The lowest BCUT2D eigenvalue weighted by Gasteiger charge is -2.30. The van der Waals surface area contributed by atoms with Gasteiger partial charge in [0, 0.05) is 26.2 Å². The Morgan fingerprint density at radius 1 is 1.19 bits per heavy atom. The van der Waals surface area contributed by atoms with E-state index in [1.54, 1.807) is 18.3 Å². The van der Waals surface area contributed by atoms with Gasteiger partial charge in [0.1, 0.15) is 11.5 Å². The van der Waals surface area contributed by atoms with Crippen molar-refractivity contribution in [3.05, 3.63) is 46.6 Å². The Balaban J connectivity index is 1.72. The van der Waals surface area contributed by atoms with Gasteiger partial charge < -0.3 is 20.1 Å². The third-order valence-electron chi connectivity index (χ3n) is 5.35. The normalized spacial score (nSPS) is 14.6. The highest BCUT2D eigenvalue weighted by Crippen LogP contribution is 2.25. The summed E-state index contributed by atoms with van der Waals surface area (Å²) in [5.74, 6) is -0.163. The summed E-state index contributed by atoms with van der Waals surface area (Å²) in [6, 6.07) is 5.82. The molecule has 1 aromatic heterocycles. The third-order valence-corrected chi connectivity index (χ3v) is 5.35. The lowest BCUT2D eigenvalue weighted by molar-refractivity contribution is 0.0679. The predicted octanol–water partition coefficient (Wildman–Crippen LogP) is 2.88. The summed E-state index contributed by atoms with van der Waals surface area (Å²) < 4.78 is 20.8. The molecule has 0 atom stereocenters. The van der Waals surface area contributed by atoms with E-state index in [4.69, 9.17) is 4.74 Å². The average molecular weight is 433 g/mol. The van der Waals surface area contributed by atoms with Crippen LogP contribution in [-0.2, 0) is 0 Å². The molecule has 0 aliphatic carbocycles. The quantitative estimate of drug-likeness (QED) is 0.562. The zero-order chi connectivity index (χ0) is 22.3. The molecule has 1 aromatic carbocycles. The molecule has 31 heavy (non-hydrogen) atoms. The summed E-state index contributed by atoms with van der Waals surface area (Å²) in [4.78, 5) is 15.3. The molecule has 1 saturated heterocycles. The summed E-state index contributed by atoms with van der Waals surface area (Å²) in [5, 5.41) is 17.4. The van der Waals surface area contributed by atoms with Crippen molar-refractivity contribution in [2.24, 2.45) is 0 Å². The fraction of sp³-hybridized carbons (Fsp3) is 0.565. The van der Waals surface area contributed by atoms with Crippen LogP contribution in [0, 0.1) is 5.82 Å². The van der Waals surface area contributed by atoms with Crippen LogP contribution in [0.15, 0.2) is 35.3 Å². The number of rotatable bonds is 10. The Hall–Kier alpha value is -2.45. The van der Waals surface area contributed by atoms with Gasteiger partial charge in [-0.25, -0.2) is 4.39 Å². The van der Waals surface area contributed by atoms with Crippen molar-refractivity contribution in [3.8, 4) is 11.4 Å². The highest BCUT2D eigenvalue weighted by molar-refractivity contribution is 5.57. The number of nitrogens with one attached hydrogen (secondary N) is 1. The maximum Gasteiger partial charge on any atom is 0.316 e. The molecule has 0 radical (unpaired) electrons. The third kappa shape index (κ3) is 6.77. The van der Waals surface area contributed by atoms with Crippen LogP contribution in [0.25, 0.3) is 5.69 Å². The van der Waals surface area contributed by atoms with Crippen LogP contribution in [0.3, 0.4) is 0 Å². The monoisotopic (exact) mass is 432 g/mol. The van der Waals surface area contributed by atoms with Gasteiger partial charge in [0.05, 0.1) is 24.1 Å². The maximum atomic E-state index is 13.7. The topological polar surface area (TPSA) is 79.6 Å². The highest BCUT2D eigenvalue weighted by atomic mass is 19.1. The lowest BCUT2D eigenvalue weighted by atomic mass is 10.0. The fourth-order valence-electron chi connectivity index (χ4n) is 3.68. The van der Waals surface area contributed by atoms with Crippen LogP contribution < -0.4 is 20.5 Å². The van der Waals surface area contributed by atoms with E-state index in [9.17, 15) is 14.3 Å². The zero-order valence-electron chi connectivity index (χ0n) is 18.4. The minimum atomic E-state index is -0.631. The molecule has 7 nitrogen and oxygen atoms in total. The number of piperazine rings is 1. The number of benzene rings is 1. The van der Waals surface area contributed by atoms with Gasteiger partial charge in [0.25, 0.3) is 0 Å².